The van der Waals surface area contributed by atoms with Gasteiger partial charge in [0.2, 0.25) is 0 Å². The lowest BCUT2D eigenvalue weighted by molar-refractivity contribution is -0.145. The van der Waals surface area contributed by atoms with Crippen molar-refractivity contribution in [2.24, 2.45) is 17.6 Å². The molecule has 0 radical (unpaired) electrons. The van der Waals surface area contributed by atoms with E-state index in [0.29, 0.717) is 37.9 Å². The lowest BCUT2D eigenvalue weighted by atomic mass is 10.1. The number of halogens is 1. The molecule has 7 nitrogen and oxygen atoms in total. The number of hydrogen-bond acceptors (Lipinski definition) is 6. The molecule has 168 valence electrons. The molecule has 7 N–H and O–H groups in total. The maximum absolute atomic E-state index is 11.3. The number of aliphatic hydroxyl groups excluding tert-OH is 1. The summed E-state index contributed by atoms with van der Waals surface area (Å²) < 4.78 is 5.14. The zero-order chi connectivity index (χ0) is 21.1. The molecule has 0 aromatic rings. The first-order valence-electron chi connectivity index (χ1n) is 10.1. The Morgan fingerprint density at radius 3 is 1.61 bits per heavy atom. The molecule has 8 heteroatoms. The first-order chi connectivity index (χ1) is 12.6. The summed E-state index contributed by atoms with van der Waals surface area (Å²) in [4.78, 5) is 20.6. The Morgan fingerprint density at radius 2 is 1.43 bits per heavy atom. The number of rotatable bonds is 9. The number of carbonyl (C=O) groups is 2. The molecule has 0 aliphatic heterocycles. The summed E-state index contributed by atoms with van der Waals surface area (Å²) in [6.45, 7) is 9.30. The zero-order valence-corrected chi connectivity index (χ0v) is 18.8. The van der Waals surface area contributed by atoms with Crippen molar-refractivity contribution in [1.29, 1.82) is 0 Å². The Morgan fingerprint density at radius 1 is 1.00 bits per heavy atom. The van der Waals surface area contributed by atoms with E-state index >= 15 is 0 Å². The lowest BCUT2D eigenvalue weighted by Crippen LogP contribution is -2.31. The number of aliphatic hydroxyl groups is 1. The average molecular weight is 425 g/mol. The van der Waals surface area contributed by atoms with E-state index < -0.39 is 16.4 Å². The Balaban J connectivity index is 0. The molecule has 0 unspecified atom stereocenters. The van der Waals surface area contributed by atoms with Crippen LogP contribution in [-0.4, -0.2) is 45.8 Å². The molecule has 2 saturated carbocycles. The fraction of sp³-hybridized carbons (Fsp3) is 0.900. The number of nitrogens with two attached hydrogens (primary N) is 1. The quantitative estimate of drug-likeness (QED) is 0.324. The second kappa shape index (κ2) is 14.1. The lowest BCUT2D eigenvalue weighted by Gasteiger charge is -2.13. The summed E-state index contributed by atoms with van der Waals surface area (Å²) in [6.07, 6.45) is 7.15. The first kappa shape index (κ1) is 29.3. The molecular formula is C20H41ClN2O5. The molecule has 2 fully saturated rings. The third-order valence-corrected chi connectivity index (χ3v) is 5.82. The van der Waals surface area contributed by atoms with Crippen LogP contribution in [0.25, 0.3) is 0 Å². The minimum Gasteiger partial charge on any atom is -0.480 e. The van der Waals surface area contributed by atoms with E-state index in [1.54, 1.807) is 0 Å². The van der Waals surface area contributed by atoms with E-state index in [2.05, 4.69) is 27.7 Å². The summed E-state index contributed by atoms with van der Waals surface area (Å²) in [6, 6.07) is 0. The third-order valence-electron chi connectivity index (χ3n) is 5.29. The van der Waals surface area contributed by atoms with E-state index in [4.69, 9.17) is 32.3 Å². The van der Waals surface area contributed by atoms with Gasteiger partial charge in [0.15, 0.2) is 0 Å². The third kappa shape index (κ3) is 11.2. The normalized spacial score (nSPS) is 17.3. The van der Waals surface area contributed by atoms with Crippen molar-refractivity contribution in [3.05, 3.63) is 0 Å². The molecule has 0 spiro atoms. The Labute approximate surface area is 174 Å². The van der Waals surface area contributed by atoms with Crippen LogP contribution in [0.1, 0.15) is 79.1 Å². The van der Waals surface area contributed by atoms with Crippen molar-refractivity contribution >= 4 is 23.5 Å². The van der Waals surface area contributed by atoms with Crippen molar-refractivity contribution in [2.75, 3.05) is 13.2 Å². The number of aliphatic carboxylic acids is 1. The highest BCUT2D eigenvalue weighted by molar-refractivity contribution is 6.36. The van der Waals surface area contributed by atoms with Crippen LogP contribution in [0.2, 0.25) is 0 Å². The number of ether oxygens (including phenoxy) is 1. The van der Waals surface area contributed by atoms with Crippen LogP contribution >= 0.6 is 11.6 Å². The van der Waals surface area contributed by atoms with Gasteiger partial charge in [-0.15, -0.1) is 11.6 Å². The van der Waals surface area contributed by atoms with Crippen molar-refractivity contribution in [3.8, 4) is 0 Å². The van der Waals surface area contributed by atoms with Crippen LogP contribution < -0.4 is 11.9 Å². The molecule has 2 aliphatic carbocycles. The smallest absolute Gasteiger partial charge is 0.327 e. The molecule has 0 heterocycles. The average Bonchev–Trinajstić information content (AvgIpc) is 3.58. The van der Waals surface area contributed by atoms with Crippen molar-refractivity contribution in [3.63, 3.8) is 0 Å². The minimum atomic E-state index is -0.868. The molecule has 0 saturated heterocycles. The number of carboxylic acids is 1. The Hall–Kier alpha value is -0.890. The highest BCUT2D eigenvalue weighted by Crippen LogP contribution is 2.43. The summed E-state index contributed by atoms with van der Waals surface area (Å²) in [5, 5.41) is 16.7. The Kier molecular flexibility index (Phi) is 14.8. The van der Waals surface area contributed by atoms with Crippen LogP contribution in [0.5, 0.6) is 0 Å². The number of carboxylic acid groups (broad SMARTS) is 1. The minimum absolute atomic E-state index is 0. The summed E-state index contributed by atoms with van der Waals surface area (Å²) >= 11 is 5.89. The van der Waals surface area contributed by atoms with Gasteiger partial charge in [-0.05, 0) is 37.5 Å². The molecular weight excluding hydrogens is 384 g/mol. The predicted octanol–water partition coefficient (Wildman–Crippen LogP) is 3.88. The fourth-order valence-electron chi connectivity index (χ4n) is 2.06. The predicted molar refractivity (Wildman–Crippen MR) is 113 cm³/mol. The first-order valence-corrected chi connectivity index (χ1v) is 10.5. The molecule has 28 heavy (non-hydrogen) atoms. The second-order valence-electron chi connectivity index (χ2n) is 7.57. The van der Waals surface area contributed by atoms with E-state index in [9.17, 15) is 9.59 Å². The van der Waals surface area contributed by atoms with E-state index in [1.165, 1.54) is 0 Å². The number of esters is 1. The van der Waals surface area contributed by atoms with Crippen molar-refractivity contribution in [2.45, 2.75) is 89.5 Å². The maximum Gasteiger partial charge on any atom is 0.327 e. The monoisotopic (exact) mass is 424 g/mol. The zero-order valence-electron chi connectivity index (χ0n) is 18.0. The van der Waals surface area contributed by atoms with Crippen molar-refractivity contribution < 1.29 is 24.5 Å². The van der Waals surface area contributed by atoms with Gasteiger partial charge in [-0.3, -0.25) is 9.59 Å². The van der Waals surface area contributed by atoms with Gasteiger partial charge in [-0.25, -0.2) is 0 Å². The van der Waals surface area contributed by atoms with E-state index in [0.717, 1.165) is 38.5 Å². The second-order valence-corrected chi connectivity index (χ2v) is 8.30. The summed E-state index contributed by atoms with van der Waals surface area (Å²) in [5.41, 5.74) is 4.36. The molecule has 2 rings (SSSR count). The van der Waals surface area contributed by atoms with E-state index in [1.807, 2.05) is 0 Å². The largest absolute Gasteiger partial charge is 0.480 e. The van der Waals surface area contributed by atoms with Gasteiger partial charge in [0.25, 0.3) is 0 Å². The number of carbonyl (C=O) groups excluding carboxylic acids is 1. The molecule has 2 aliphatic rings. The van der Waals surface area contributed by atoms with Gasteiger partial charge in [-0.1, -0.05) is 53.4 Å². The highest BCUT2D eigenvalue weighted by atomic mass is 35.5. The fourth-order valence-corrected chi connectivity index (χ4v) is 2.21. The molecule has 0 atom stereocenters. The van der Waals surface area contributed by atoms with Crippen LogP contribution in [0, 0.1) is 11.8 Å². The SMILES string of the molecule is CCC(CC)CO.CCC(CC)COC(=O)C1(Cl)CC1.N.NC1(C(=O)O)CC1. The standard InChI is InChI=1S/C10H17ClO2.C6H14O.C4H7NO2.H3N/c1-3-8(4-2)7-13-9(12)10(11)5-6-10;1-3-6(4-2)5-7;5-4(1-2-4)3(6)7;/h8H,3-7H2,1-2H3;6-7H,3-5H2,1-2H3;1-2,5H2,(H,6,7);1H3. The molecule has 0 aromatic carbocycles. The summed E-state index contributed by atoms with van der Waals surface area (Å²) in [5.74, 6) is -0.0588. The molecule has 0 bridgehead atoms. The molecule has 0 amide bonds. The van der Waals surface area contributed by atoms with Gasteiger partial charge in [-0.2, -0.15) is 0 Å². The van der Waals surface area contributed by atoms with Crippen LogP contribution in [0.15, 0.2) is 0 Å². The van der Waals surface area contributed by atoms with E-state index in [-0.39, 0.29) is 12.1 Å². The topological polar surface area (TPSA) is 145 Å². The Bertz CT molecular complexity index is 440. The number of hydrogen-bond donors (Lipinski definition) is 4. The maximum atomic E-state index is 11.3. The van der Waals surface area contributed by atoms with Crippen LogP contribution in [0.4, 0.5) is 0 Å². The highest BCUT2D eigenvalue weighted by Gasteiger charge is 2.49. The van der Waals surface area contributed by atoms with Gasteiger partial charge >= 0.3 is 11.9 Å². The van der Waals surface area contributed by atoms with Gasteiger partial charge in [0.1, 0.15) is 10.4 Å². The van der Waals surface area contributed by atoms with Gasteiger partial charge in [0.05, 0.1) is 6.61 Å². The van der Waals surface area contributed by atoms with Crippen LogP contribution in [-0.2, 0) is 14.3 Å². The van der Waals surface area contributed by atoms with Gasteiger partial charge in [0, 0.05) is 6.61 Å². The number of alkyl halides is 1. The summed E-state index contributed by atoms with van der Waals surface area (Å²) in [7, 11) is 0. The molecule has 0 aromatic heterocycles. The van der Waals surface area contributed by atoms with Gasteiger partial charge < -0.3 is 26.8 Å². The van der Waals surface area contributed by atoms with Crippen molar-refractivity contribution in [1.82, 2.24) is 6.15 Å². The van der Waals surface area contributed by atoms with Crippen LogP contribution in [0.3, 0.4) is 0 Å².